The Balaban J connectivity index is 1.62. The highest BCUT2D eigenvalue weighted by Crippen LogP contribution is 2.26. The molecular formula is C33H33N9O3. The van der Waals surface area contributed by atoms with Gasteiger partial charge in [-0.25, -0.2) is 14.7 Å². The summed E-state index contributed by atoms with van der Waals surface area (Å²) in [5.41, 5.74) is 9.10. The van der Waals surface area contributed by atoms with E-state index in [0.29, 0.717) is 41.0 Å². The van der Waals surface area contributed by atoms with E-state index in [1.807, 2.05) is 25.2 Å². The SMILES string of the molecule is C=C/C=N\c1c(C(=O)NC(C)c2nc3cccc(C#Cc4cnn(C)c4CCOC)c3c(=O)n2-c2ccccc2)c(N)nn1C. The van der Waals surface area contributed by atoms with Gasteiger partial charge >= 0.3 is 0 Å². The summed E-state index contributed by atoms with van der Waals surface area (Å²) in [5, 5.41) is 11.8. The van der Waals surface area contributed by atoms with Gasteiger partial charge in [-0.15, -0.1) is 0 Å². The number of hydrogen-bond acceptors (Lipinski definition) is 8. The van der Waals surface area contributed by atoms with Crippen LogP contribution in [0.3, 0.4) is 0 Å². The van der Waals surface area contributed by atoms with Crippen molar-refractivity contribution < 1.29 is 9.53 Å². The van der Waals surface area contributed by atoms with Gasteiger partial charge in [-0.2, -0.15) is 10.2 Å². The first-order valence-electron chi connectivity index (χ1n) is 14.2. The number of aryl methyl sites for hydroxylation is 2. The van der Waals surface area contributed by atoms with Gasteiger partial charge in [0.25, 0.3) is 11.5 Å². The number of para-hydroxylation sites is 1. The van der Waals surface area contributed by atoms with Gasteiger partial charge in [0.15, 0.2) is 11.6 Å². The average molecular weight is 604 g/mol. The van der Waals surface area contributed by atoms with Crippen LogP contribution in [-0.4, -0.2) is 55.0 Å². The van der Waals surface area contributed by atoms with Crippen LogP contribution in [0.2, 0.25) is 0 Å². The third-order valence-corrected chi connectivity index (χ3v) is 7.18. The molecule has 0 fully saturated rings. The second-order valence-corrected chi connectivity index (χ2v) is 10.2. The van der Waals surface area contributed by atoms with Gasteiger partial charge in [-0.3, -0.25) is 18.8 Å². The number of nitrogens with two attached hydrogens (primary N) is 1. The maximum Gasteiger partial charge on any atom is 0.267 e. The van der Waals surface area contributed by atoms with Crippen LogP contribution in [-0.2, 0) is 25.3 Å². The number of nitrogen functional groups attached to an aromatic ring is 1. The van der Waals surface area contributed by atoms with Gasteiger partial charge in [0.1, 0.15) is 11.4 Å². The molecule has 0 aliphatic rings. The lowest BCUT2D eigenvalue weighted by Crippen LogP contribution is -2.33. The van der Waals surface area contributed by atoms with Crippen molar-refractivity contribution in [2.24, 2.45) is 19.1 Å². The fourth-order valence-corrected chi connectivity index (χ4v) is 5.02. The number of methoxy groups -OCH3 is 1. The molecule has 12 heteroatoms. The van der Waals surface area contributed by atoms with Crippen LogP contribution in [0, 0.1) is 11.8 Å². The Morgan fingerprint density at radius 3 is 2.62 bits per heavy atom. The molecule has 0 saturated heterocycles. The number of aromatic nitrogens is 6. The highest BCUT2D eigenvalue weighted by molar-refractivity contribution is 6.03. The number of anilines is 1. The molecule has 5 aromatic rings. The minimum atomic E-state index is -0.723. The van der Waals surface area contributed by atoms with E-state index in [0.717, 1.165) is 11.3 Å². The van der Waals surface area contributed by atoms with Crippen molar-refractivity contribution in [2.75, 3.05) is 19.5 Å². The summed E-state index contributed by atoms with van der Waals surface area (Å²) in [5.74, 6) is 6.46. The van der Waals surface area contributed by atoms with Crippen molar-refractivity contribution in [1.29, 1.82) is 0 Å². The van der Waals surface area contributed by atoms with Crippen LogP contribution in [0.25, 0.3) is 16.6 Å². The molecule has 3 N–H and O–H groups in total. The Bertz CT molecular complexity index is 2040. The number of amides is 1. The zero-order chi connectivity index (χ0) is 32.1. The first kappa shape index (κ1) is 30.7. The summed E-state index contributed by atoms with van der Waals surface area (Å²) in [6.45, 7) is 5.90. The molecule has 0 radical (unpaired) electrons. The molecule has 1 atom stereocenters. The van der Waals surface area contributed by atoms with Crippen LogP contribution >= 0.6 is 0 Å². The molecule has 0 bridgehead atoms. The van der Waals surface area contributed by atoms with Gasteiger partial charge in [0.05, 0.1) is 46.7 Å². The van der Waals surface area contributed by atoms with Crippen molar-refractivity contribution >= 4 is 34.7 Å². The van der Waals surface area contributed by atoms with E-state index >= 15 is 0 Å². The number of carbonyl (C=O) groups excluding carboxylic acids is 1. The van der Waals surface area contributed by atoms with E-state index in [1.54, 1.807) is 62.3 Å². The second-order valence-electron chi connectivity index (χ2n) is 10.2. The van der Waals surface area contributed by atoms with Crippen molar-refractivity contribution in [3.8, 4) is 17.5 Å². The molecule has 1 amide bonds. The lowest BCUT2D eigenvalue weighted by Gasteiger charge is -2.20. The van der Waals surface area contributed by atoms with E-state index in [9.17, 15) is 9.59 Å². The summed E-state index contributed by atoms with van der Waals surface area (Å²) < 4.78 is 9.92. The van der Waals surface area contributed by atoms with E-state index in [2.05, 4.69) is 38.9 Å². The number of fused-ring (bicyclic) bond motifs is 1. The minimum Gasteiger partial charge on any atom is -0.384 e. The summed E-state index contributed by atoms with van der Waals surface area (Å²) in [6.07, 6.45) is 5.29. The standard InChI is InChI=1S/C33H33N9O3/c1-6-18-35-31-28(29(34)39-41(31)4)32(43)37-21(2)30-38-25-14-10-11-22(15-16-23-20-36-40(3)26(23)17-19-45-5)27(25)33(44)42(30)24-12-8-7-9-13-24/h6-14,18,20-21H,1,17,19H2,2-5H3,(H2,34,39)(H,37,43)/b35-18-. The smallest absolute Gasteiger partial charge is 0.267 e. The first-order chi connectivity index (χ1) is 21.7. The molecule has 0 aliphatic carbocycles. The number of hydrogen-bond donors (Lipinski definition) is 2. The maximum atomic E-state index is 14.3. The molecule has 0 saturated carbocycles. The number of nitrogens with zero attached hydrogens (tertiary/aromatic N) is 7. The molecule has 228 valence electrons. The number of ether oxygens (including phenoxy) is 1. The third kappa shape index (κ3) is 6.15. The van der Waals surface area contributed by atoms with Gasteiger partial charge in [-0.05, 0) is 31.2 Å². The first-order valence-corrected chi connectivity index (χ1v) is 14.2. The number of allylic oxidation sites excluding steroid dienone is 1. The zero-order valence-electron chi connectivity index (χ0n) is 25.5. The molecule has 12 nitrogen and oxygen atoms in total. The largest absolute Gasteiger partial charge is 0.384 e. The quantitative estimate of drug-likeness (QED) is 0.194. The maximum absolute atomic E-state index is 14.3. The fourth-order valence-electron chi connectivity index (χ4n) is 5.02. The summed E-state index contributed by atoms with van der Waals surface area (Å²) in [6, 6.07) is 13.7. The lowest BCUT2D eigenvalue weighted by molar-refractivity contribution is 0.0939. The normalized spacial score (nSPS) is 11.8. The molecular weight excluding hydrogens is 570 g/mol. The minimum absolute atomic E-state index is 0.0209. The number of carbonyl (C=O) groups is 1. The Morgan fingerprint density at radius 1 is 1.13 bits per heavy atom. The lowest BCUT2D eigenvalue weighted by atomic mass is 10.1. The molecule has 45 heavy (non-hydrogen) atoms. The number of nitrogens with one attached hydrogen (secondary N) is 1. The summed E-state index contributed by atoms with van der Waals surface area (Å²) in [7, 11) is 5.14. The van der Waals surface area contributed by atoms with Crippen LogP contribution in [0.1, 0.15) is 46.0 Å². The fraction of sp³-hybridized carbons (Fsp3) is 0.212. The number of benzene rings is 2. The Morgan fingerprint density at radius 2 is 1.89 bits per heavy atom. The predicted octanol–water partition coefficient (Wildman–Crippen LogP) is 3.40. The van der Waals surface area contributed by atoms with Gasteiger partial charge in [-0.1, -0.05) is 48.8 Å². The highest BCUT2D eigenvalue weighted by atomic mass is 16.5. The van der Waals surface area contributed by atoms with E-state index < -0.39 is 11.9 Å². The Kier molecular flexibility index (Phi) is 9.01. The van der Waals surface area contributed by atoms with Crippen molar-refractivity contribution in [1.82, 2.24) is 34.4 Å². The third-order valence-electron chi connectivity index (χ3n) is 7.18. The Labute approximate surface area is 259 Å². The van der Waals surface area contributed by atoms with Gasteiger partial charge in [0.2, 0.25) is 0 Å². The zero-order valence-corrected chi connectivity index (χ0v) is 25.5. The summed E-state index contributed by atoms with van der Waals surface area (Å²) >= 11 is 0. The van der Waals surface area contributed by atoms with Gasteiger partial charge in [0, 0.05) is 39.4 Å². The molecule has 3 heterocycles. The van der Waals surface area contributed by atoms with Crippen molar-refractivity contribution in [3.05, 3.63) is 106 Å². The summed E-state index contributed by atoms with van der Waals surface area (Å²) in [4.78, 5) is 37.0. The number of rotatable bonds is 9. The average Bonchev–Trinajstić information content (AvgIpc) is 3.53. The van der Waals surface area contributed by atoms with E-state index in [1.165, 1.54) is 21.5 Å². The van der Waals surface area contributed by atoms with Crippen LogP contribution in [0.5, 0.6) is 0 Å². The predicted molar refractivity (Wildman–Crippen MR) is 174 cm³/mol. The van der Waals surface area contributed by atoms with E-state index in [4.69, 9.17) is 15.5 Å². The molecule has 3 aromatic heterocycles. The van der Waals surface area contributed by atoms with Crippen LogP contribution in [0.15, 0.2) is 77.2 Å². The Hall–Kier alpha value is -5.80. The van der Waals surface area contributed by atoms with Crippen molar-refractivity contribution in [2.45, 2.75) is 19.4 Å². The number of aliphatic imine (C=N–C) groups is 1. The molecule has 2 aromatic carbocycles. The van der Waals surface area contributed by atoms with Gasteiger partial charge < -0.3 is 15.8 Å². The van der Waals surface area contributed by atoms with E-state index in [-0.39, 0.29) is 22.8 Å². The van der Waals surface area contributed by atoms with Crippen LogP contribution in [0.4, 0.5) is 11.6 Å². The molecule has 1 unspecified atom stereocenters. The highest BCUT2D eigenvalue weighted by Gasteiger charge is 2.25. The van der Waals surface area contributed by atoms with Crippen molar-refractivity contribution in [3.63, 3.8) is 0 Å². The molecule has 0 aliphatic heterocycles. The second kappa shape index (κ2) is 13.2. The monoisotopic (exact) mass is 603 g/mol. The molecule has 5 rings (SSSR count). The van der Waals surface area contributed by atoms with Crippen LogP contribution < -0.4 is 16.6 Å². The molecule has 0 spiro atoms. The topological polar surface area (TPSA) is 147 Å².